The summed E-state index contributed by atoms with van der Waals surface area (Å²) >= 11 is 0. The van der Waals surface area contributed by atoms with Gasteiger partial charge in [-0.3, -0.25) is 4.79 Å². The predicted molar refractivity (Wildman–Crippen MR) is 147 cm³/mol. The Morgan fingerprint density at radius 2 is 1.93 bits per heavy atom. The van der Waals surface area contributed by atoms with E-state index in [-0.39, 0.29) is 30.5 Å². The third kappa shape index (κ3) is 6.64. The maximum atomic E-state index is 13.7. The number of anilines is 1. The number of ether oxygens (including phenoxy) is 3. The number of carbonyl (C=O) groups excluding carboxylic acids is 1. The number of amides is 1. The van der Waals surface area contributed by atoms with Crippen molar-refractivity contribution in [1.82, 2.24) is 29.7 Å². The predicted octanol–water partition coefficient (Wildman–Crippen LogP) is 2.95. The molecule has 11 nitrogen and oxygen atoms in total. The summed E-state index contributed by atoms with van der Waals surface area (Å²) in [5.74, 6) is 0.373. The molecule has 0 aliphatic carbocycles. The molecule has 1 amide bonds. The summed E-state index contributed by atoms with van der Waals surface area (Å²) in [6.07, 6.45) is 2.16. The first-order chi connectivity index (χ1) is 19.4. The largest absolute Gasteiger partial charge is 0.366 e. The standard InChI is InChI=1S/C28H36FN7O4/c1-18-14-40-23(13-36(18)27(37)20-15-38-17-39-16-20)26-33-24(19-5-7-21(29)8-6-19)25(34-26)22-9-11-31-28(32-22)30-10-4-12-35(2)3/h5-9,11,18,20,23H,4,10,12-17H2,1-3H3,(H,33,34)(H,30,31,32). The molecule has 2 aliphatic rings. The van der Waals surface area contributed by atoms with Crippen molar-refractivity contribution >= 4 is 11.9 Å². The second-order valence-corrected chi connectivity index (χ2v) is 10.4. The SMILES string of the molecule is CC1COC(c2nc(-c3ccc(F)cc3)c(-c3ccnc(NCCCN(C)C)n3)[nH]2)CN1C(=O)C1COCOC1. The molecule has 0 bridgehead atoms. The number of morpholine rings is 1. The number of nitrogens with zero attached hydrogens (tertiary/aromatic N) is 5. The number of benzene rings is 1. The zero-order chi connectivity index (χ0) is 28.1. The average molecular weight is 554 g/mol. The Balaban J connectivity index is 1.42. The highest BCUT2D eigenvalue weighted by Gasteiger charge is 2.36. The van der Waals surface area contributed by atoms with Gasteiger partial charge in [0.2, 0.25) is 11.9 Å². The Hall–Kier alpha value is -3.45. The van der Waals surface area contributed by atoms with E-state index in [2.05, 4.69) is 20.2 Å². The fourth-order valence-corrected chi connectivity index (χ4v) is 4.82. The second kappa shape index (κ2) is 12.8. The molecule has 2 N–H and O–H groups in total. The monoisotopic (exact) mass is 553 g/mol. The highest BCUT2D eigenvalue weighted by molar-refractivity contribution is 5.80. The molecule has 0 spiro atoms. The van der Waals surface area contributed by atoms with Crippen LogP contribution >= 0.6 is 0 Å². The third-order valence-corrected chi connectivity index (χ3v) is 6.99. The quantitative estimate of drug-likeness (QED) is 0.386. The van der Waals surface area contributed by atoms with Crippen molar-refractivity contribution in [3.63, 3.8) is 0 Å². The Bertz CT molecular complexity index is 1280. The number of aromatic amines is 1. The van der Waals surface area contributed by atoms with Gasteiger partial charge in [0.1, 0.15) is 24.5 Å². The lowest BCUT2D eigenvalue weighted by Gasteiger charge is -2.39. The van der Waals surface area contributed by atoms with Crippen LogP contribution < -0.4 is 5.32 Å². The van der Waals surface area contributed by atoms with Crippen LogP contribution in [0.15, 0.2) is 36.5 Å². The van der Waals surface area contributed by atoms with Gasteiger partial charge in [0.25, 0.3) is 0 Å². The van der Waals surface area contributed by atoms with Crippen LogP contribution in [0.25, 0.3) is 22.6 Å². The molecule has 2 atom stereocenters. The molecule has 4 heterocycles. The van der Waals surface area contributed by atoms with E-state index in [0.29, 0.717) is 55.2 Å². The maximum absolute atomic E-state index is 13.7. The van der Waals surface area contributed by atoms with Gasteiger partial charge in [-0.05, 0) is 64.3 Å². The summed E-state index contributed by atoms with van der Waals surface area (Å²) in [6, 6.07) is 7.88. The van der Waals surface area contributed by atoms with Gasteiger partial charge < -0.3 is 34.3 Å². The average Bonchev–Trinajstić information content (AvgIpc) is 3.42. The molecule has 12 heteroatoms. The van der Waals surface area contributed by atoms with Crippen molar-refractivity contribution in [2.45, 2.75) is 25.5 Å². The molecule has 40 heavy (non-hydrogen) atoms. The lowest BCUT2D eigenvalue weighted by atomic mass is 10.1. The van der Waals surface area contributed by atoms with Crippen molar-refractivity contribution in [3.8, 4) is 22.6 Å². The molecule has 2 aromatic heterocycles. The van der Waals surface area contributed by atoms with Crippen LogP contribution in [0.4, 0.5) is 10.3 Å². The van der Waals surface area contributed by atoms with Crippen LogP contribution in [0, 0.1) is 11.7 Å². The van der Waals surface area contributed by atoms with E-state index in [0.717, 1.165) is 25.1 Å². The summed E-state index contributed by atoms with van der Waals surface area (Å²) in [7, 11) is 4.07. The number of H-pyrrole nitrogens is 1. The zero-order valence-corrected chi connectivity index (χ0v) is 23.1. The van der Waals surface area contributed by atoms with Crippen molar-refractivity contribution in [3.05, 3.63) is 48.2 Å². The lowest BCUT2D eigenvalue weighted by molar-refractivity contribution is -0.170. The van der Waals surface area contributed by atoms with Gasteiger partial charge >= 0.3 is 0 Å². The summed E-state index contributed by atoms with van der Waals surface area (Å²) in [5, 5.41) is 3.28. The number of hydrogen-bond donors (Lipinski definition) is 2. The number of aromatic nitrogens is 4. The summed E-state index contributed by atoms with van der Waals surface area (Å²) in [6.45, 7) is 5.23. The molecular formula is C28H36FN7O4. The van der Waals surface area contributed by atoms with Gasteiger partial charge in [-0.25, -0.2) is 19.3 Å². The van der Waals surface area contributed by atoms with E-state index in [9.17, 15) is 9.18 Å². The molecule has 0 radical (unpaired) electrons. The summed E-state index contributed by atoms with van der Waals surface area (Å²) in [5.41, 5.74) is 2.64. The first-order valence-corrected chi connectivity index (χ1v) is 13.5. The normalized spacial score (nSPS) is 20.2. The fourth-order valence-electron chi connectivity index (χ4n) is 4.82. The number of rotatable bonds is 9. The van der Waals surface area contributed by atoms with Crippen molar-refractivity contribution in [1.29, 1.82) is 0 Å². The summed E-state index contributed by atoms with van der Waals surface area (Å²) in [4.78, 5) is 34.6. The molecule has 2 saturated heterocycles. The van der Waals surface area contributed by atoms with Gasteiger partial charge in [-0.1, -0.05) is 0 Å². The van der Waals surface area contributed by atoms with Gasteiger partial charge in [0.05, 0.1) is 55.4 Å². The highest BCUT2D eigenvalue weighted by Crippen LogP contribution is 2.33. The topological polar surface area (TPSA) is 118 Å². The molecule has 2 aliphatic heterocycles. The molecular weight excluding hydrogens is 517 g/mol. The maximum Gasteiger partial charge on any atom is 0.230 e. The van der Waals surface area contributed by atoms with Crippen LogP contribution in [-0.2, 0) is 19.0 Å². The fraction of sp³-hybridized carbons (Fsp3) is 0.500. The number of carbonyl (C=O) groups is 1. The molecule has 2 fully saturated rings. The smallest absolute Gasteiger partial charge is 0.230 e. The Labute approximate surface area is 233 Å². The molecule has 5 rings (SSSR count). The first-order valence-electron chi connectivity index (χ1n) is 13.5. The highest BCUT2D eigenvalue weighted by atomic mass is 19.1. The Morgan fingerprint density at radius 3 is 2.67 bits per heavy atom. The van der Waals surface area contributed by atoms with Crippen LogP contribution in [0.1, 0.15) is 25.3 Å². The van der Waals surface area contributed by atoms with Gasteiger partial charge in [-0.15, -0.1) is 0 Å². The zero-order valence-electron chi connectivity index (χ0n) is 23.1. The number of nitrogens with one attached hydrogen (secondary N) is 2. The van der Waals surface area contributed by atoms with Crippen LogP contribution in [0.3, 0.4) is 0 Å². The molecule has 1 aromatic carbocycles. The number of hydrogen-bond acceptors (Lipinski definition) is 9. The Morgan fingerprint density at radius 1 is 1.15 bits per heavy atom. The van der Waals surface area contributed by atoms with Crippen molar-refractivity contribution < 1.29 is 23.4 Å². The van der Waals surface area contributed by atoms with Crippen LogP contribution in [-0.4, -0.2) is 102 Å². The van der Waals surface area contributed by atoms with E-state index < -0.39 is 6.10 Å². The molecule has 2 unspecified atom stereocenters. The van der Waals surface area contributed by atoms with Crippen LogP contribution in [0.2, 0.25) is 0 Å². The second-order valence-electron chi connectivity index (χ2n) is 10.4. The molecule has 214 valence electrons. The minimum absolute atomic E-state index is 0.0215. The van der Waals surface area contributed by atoms with Gasteiger partial charge in [0, 0.05) is 18.3 Å². The molecule has 3 aromatic rings. The molecule has 0 saturated carbocycles. The third-order valence-electron chi connectivity index (χ3n) is 6.99. The van der Waals surface area contributed by atoms with Crippen molar-refractivity contribution in [2.24, 2.45) is 5.92 Å². The van der Waals surface area contributed by atoms with Crippen LogP contribution in [0.5, 0.6) is 0 Å². The van der Waals surface area contributed by atoms with Gasteiger partial charge in [-0.2, -0.15) is 0 Å². The summed E-state index contributed by atoms with van der Waals surface area (Å²) < 4.78 is 30.6. The van der Waals surface area contributed by atoms with E-state index in [1.165, 1.54) is 12.1 Å². The lowest BCUT2D eigenvalue weighted by Crippen LogP contribution is -2.52. The number of imidazole rings is 1. The van der Waals surface area contributed by atoms with Crippen molar-refractivity contribution in [2.75, 3.05) is 65.7 Å². The number of halogens is 1. The Kier molecular flexibility index (Phi) is 9.00. The minimum atomic E-state index is -0.482. The van der Waals surface area contributed by atoms with E-state index in [1.54, 1.807) is 24.4 Å². The van der Waals surface area contributed by atoms with E-state index in [4.69, 9.17) is 24.2 Å². The first kappa shape index (κ1) is 28.1. The van der Waals surface area contributed by atoms with E-state index in [1.807, 2.05) is 25.9 Å². The van der Waals surface area contributed by atoms with E-state index >= 15 is 0 Å². The minimum Gasteiger partial charge on any atom is -0.366 e. The van der Waals surface area contributed by atoms with Gasteiger partial charge in [0.15, 0.2) is 0 Å².